The quantitative estimate of drug-likeness (QED) is 0.364. The van der Waals surface area contributed by atoms with E-state index in [1.54, 1.807) is 7.05 Å². The highest BCUT2D eigenvalue weighted by atomic mass is 127. The third-order valence-electron chi connectivity index (χ3n) is 4.10. The van der Waals surface area contributed by atoms with E-state index in [1.807, 2.05) is 30.1 Å². The van der Waals surface area contributed by atoms with Gasteiger partial charge in [-0.3, -0.25) is 9.79 Å². The Morgan fingerprint density at radius 1 is 1.00 bits per heavy atom. The number of halogens is 1. The summed E-state index contributed by atoms with van der Waals surface area (Å²) in [4.78, 5) is 18.3. The molecule has 0 aliphatic heterocycles. The number of nitrogens with one attached hydrogen (secondary N) is 2. The molecule has 0 aliphatic rings. The molecule has 0 bridgehead atoms. The van der Waals surface area contributed by atoms with E-state index in [-0.39, 0.29) is 36.4 Å². The minimum Gasteiger partial charge on any atom is -0.354 e. The minimum atomic E-state index is -0.0363. The second-order valence-electron chi connectivity index (χ2n) is 6.33. The molecule has 0 atom stereocenters. The molecule has 5 nitrogen and oxygen atoms in total. The van der Waals surface area contributed by atoms with E-state index < -0.39 is 0 Å². The molecule has 0 radical (unpaired) electrons. The maximum Gasteiger partial charge on any atom is 0.239 e. The lowest BCUT2D eigenvalue weighted by Crippen LogP contribution is -2.44. The number of benzene rings is 2. The van der Waals surface area contributed by atoms with E-state index in [9.17, 15) is 4.79 Å². The second kappa shape index (κ2) is 12.3. The van der Waals surface area contributed by atoms with Crippen LogP contribution >= 0.6 is 24.0 Å². The van der Waals surface area contributed by atoms with Crippen LogP contribution in [0, 0.1) is 6.92 Å². The molecule has 0 fully saturated rings. The van der Waals surface area contributed by atoms with Crippen LogP contribution in [0.25, 0.3) is 0 Å². The normalized spacial score (nSPS) is 10.7. The number of guanidine groups is 1. The van der Waals surface area contributed by atoms with Crippen molar-refractivity contribution in [2.75, 3.05) is 27.2 Å². The molecule has 0 unspecified atom stereocenters. The third kappa shape index (κ3) is 8.43. The van der Waals surface area contributed by atoms with Crippen LogP contribution < -0.4 is 10.6 Å². The van der Waals surface area contributed by atoms with Gasteiger partial charge in [0.05, 0.1) is 6.54 Å². The molecule has 2 aromatic carbocycles. The fourth-order valence-electron chi connectivity index (χ4n) is 2.64. The van der Waals surface area contributed by atoms with Gasteiger partial charge in [0, 0.05) is 27.2 Å². The van der Waals surface area contributed by atoms with Gasteiger partial charge >= 0.3 is 0 Å². The van der Waals surface area contributed by atoms with E-state index >= 15 is 0 Å². The lowest BCUT2D eigenvalue weighted by atomic mass is 10.1. The van der Waals surface area contributed by atoms with E-state index in [0.717, 1.165) is 13.0 Å². The van der Waals surface area contributed by atoms with Gasteiger partial charge in [0.25, 0.3) is 0 Å². The van der Waals surface area contributed by atoms with Crippen molar-refractivity contribution < 1.29 is 4.79 Å². The number of carbonyl (C=O) groups excluding carboxylic acids is 1. The summed E-state index contributed by atoms with van der Waals surface area (Å²) in [6, 6.07) is 18.5. The van der Waals surface area contributed by atoms with Gasteiger partial charge in [0.1, 0.15) is 0 Å². The van der Waals surface area contributed by atoms with Crippen molar-refractivity contribution in [3.05, 3.63) is 71.3 Å². The molecule has 0 saturated carbocycles. The summed E-state index contributed by atoms with van der Waals surface area (Å²) in [6.07, 6.45) is 0.828. The average Bonchev–Trinajstić information content (AvgIpc) is 2.65. The Hall–Kier alpha value is -2.09. The first-order chi connectivity index (χ1) is 12.6. The first-order valence-electron chi connectivity index (χ1n) is 8.86. The Morgan fingerprint density at radius 3 is 2.30 bits per heavy atom. The van der Waals surface area contributed by atoms with Crippen LogP contribution in [0.1, 0.15) is 16.7 Å². The van der Waals surface area contributed by atoms with Gasteiger partial charge in [-0.1, -0.05) is 60.2 Å². The molecule has 0 saturated heterocycles. The first-order valence-corrected chi connectivity index (χ1v) is 8.86. The molecule has 0 aliphatic carbocycles. The van der Waals surface area contributed by atoms with Gasteiger partial charge in [-0.05, 0) is 24.5 Å². The summed E-state index contributed by atoms with van der Waals surface area (Å²) in [5.41, 5.74) is 3.66. The van der Waals surface area contributed by atoms with Crippen molar-refractivity contribution in [2.24, 2.45) is 4.99 Å². The Balaban J connectivity index is 0.00000364. The summed E-state index contributed by atoms with van der Waals surface area (Å²) < 4.78 is 0. The molecule has 27 heavy (non-hydrogen) atoms. The maximum atomic E-state index is 12.0. The van der Waals surface area contributed by atoms with Crippen LogP contribution in [0.5, 0.6) is 0 Å². The molecule has 2 rings (SSSR count). The van der Waals surface area contributed by atoms with Crippen LogP contribution in [0.2, 0.25) is 0 Å². The fraction of sp³-hybridized carbons (Fsp3) is 0.333. The number of carbonyl (C=O) groups is 1. The number of aryl methyl sites for hydroxylation is 1. The Kier molecular flexibility index (Phi) is 10.5. The molecule has 2 N–H and O–H groups in total. The summed E-state index contributed by atoms with van der Waals surface area (Å²) in [6.45, 7) is 3.64. The Bertz CT molecular complexity index is 717. The van der Waals surface area contributed by atoms with Crippen LogP contribution in [-0.4, -0.2) is 44.0 Å². The fourth-order valence-corrected chi connectivity index (χ4v) is 2.64. The van der Waals surface area contributed by atoms with Crippen molar-refractivity contribution in [3.8, 4) is 0 Å². The average molecular weight is 480 g/mol. The molecule has 0 aromatic heterocycles. The van der Waals surface area contributed by atoms with Gasteiger partial charge in [-0.2, -0.15) is 0 Å². The van der Waals surface area contributed by atoms with E-state index in [4.69, 9.17) is 0 Å². The lowest BCUT2D eigenvalue weighted by Gasteiger charge is -2.22. The largest absolute Gasteiger partial charge is 0.354 e. The van der Waals surface area contributed by atoms with Crippen LogP contribution in [0.3, 0.4) is 0 Å². The topological polar surface area (TPSA) is 56.7 Å². The number of nitrogens with zero attached hydrogens (tertiary/aromatic N) is 2. The smallest absolute Gasteiger partial charge is 0.239 e. The van der Waals surface area contributed by atoms with Crippen LogP contribution in [-0.2, 0) is 17.8 Å². The molecular weight excluding hydrogens is 451 g/mol. The van der Waals surface area contributed by atoms with Gasteiger partial charge in [0.2, 0.25) is 5.91 Å². The highest BCUT2D eigenvalue weighted by Gasteiger charge is 2.08. The van der Waals surface area contributed by atoms with Gasteiger partial charge in [-0.15, -0.1) is 24.0 Å². The molecule has 6 heteroatoms. The monoisotopic (exact) mass is 480 g/mol. The van der Waals surface area contributed by atoms with E-state index in [2.05, 4.69) is 58.9 Å². The van der Waals surface area contributed by atoms with Crippen molar-refractivity contribution in [3.63, 3.8) is 0 Å². The molecule has 0 spiro atoms. The summed E-state index contributed by atoms with van der Waals surface area (Å²) in [5.74, 6) is 0.662. The van der Waals surface area contributed by atoms with Gasteiger partial charge in [0.15, 0.2) is 5.96 Å². The Morgan fingerprint density at radius 2 is 1.67 bits per heavy atom. The van der Waals surface area contributed by atoms with E-state index in [1.165, 1.54) is 16.7 Å². The molecular formula is C21H29IN4O. The SMILES string of the molecule is CN=C(NCC(=O)NCCc1ccccc1)N(C)Cc1ccc(C)cc1.I. The van der Waals surface area contributed by atoms with Crippen molar-refractivity contribution >= 4 is 35.8 Å². The molecule has 0 heterocycles. The van der Waals surface area contributed by atoms with Gasteiger partial charge in [-0.25, -0.2) is 0 Å². The highest BCUT2D eigenvalue weighted by molar-refractivity contribution is 14.0. The number of hydrogen-bond acceptors (Lipinski definition) is 2. The zero-order valence-corrected chi connectivity index (χ0v) is 18.6. The predicted molar refractivity (Wildman–Crippen MR) is 123 cm³/mol. The van der Waals surface area contributed by atoms with Crippen LogP contribution in [0.15, 0.2) is 59.6 Å². The first kappa shape index (κ1) is 23.0. The van der Waals surface area contributed by atoms with Crippen molar-refractivity contribution in [1.82, 2.24) is 15.5 Å². The molecule has 2 aromatic rings. The highest BCUT2D eigenvalue weighted by Crippen LogP contribution is 2.06. The number of hydrogen-bond donors (Lipinski definition) is 2. The minimum absolute atomic E-state index is 0. The third-order valence-corrected chi connectivity index (χ3v) is 4.10. The Labute approximate surface area is 179 Å². The summed E-state index contributed by atoms with van der Waals surface area (Å²) in [7, 11) is 3.68. The van der Waals surface area contributed by atoms with Crippen LogP contribution in [0.4, 0.5) is 0 Å². The molecule has 1 amide bonds. The standard InChI is InChI=1S/C21H28N4O.HI/c1-17-9-11-19(12-10-17)16-25(3)21(22-2)24-15-20(26)23-14-13-18-7-5-4-6-8-18;/h4-12H,13-16H2,1-3H3,(H,22,24)(H,23,26);1H. The zero-order valence-electron chi connectivity index (χ0n) is 16.2. The lowest BCUT2D eigenvalue weighted by molar-refractivity contribution is -0.120. The number of rotatable bonds is 7. The zero-order chi connectivity index (χ0) is 18.8. The predicted octanol–water partition coefficient (Wildman–Crippen LogP) is 2.98. The van der Waals surface area contributed by atoms with Gasteiger partial charge < -0.3 is 15.5 Å². The van der Waals surface area contributed by atoms with Crippen molar-refractivity contribution in [1.29, 1.82) is 0 Å². The number of amides is 1. The molecule has 146 valence electrons. The number of aliphatic imine (C=N–C) groups is 1. The van der Waals surface area contributed by atoms with E-state index in [0.29, 0.717) is 12.5 Å². The maximum absolute atomic E-state index is 12.0. The van der Waals surface area contributed by atoms with Crippen molar-refractivity contribution in [2.45, 2.75) is 19.9 Å². The summed E-state index contributed by atoms with van der Waals surface area (Å²) >= 11 is 0. The second-order valence-corrected chi connectivity index (χ2v) is 6.33. The summed E-state index contributed by atoms with van der Waals surface area (Å²) in [5, 5.41) is 6.04.